The lowest BCUT2D eigenvalue weighted by molar-refractivity contribution is 0.0761. The standard InChI is InChI=1S/C13H11BrClN3O/c14-12-9-10(15)3-4-11(12)13(19)18(7-1-5-16)8-2-6-17/h3-4,9H,1-2,7-8H2. The van der Waals surface area contributed by atoms with Crippen molar-refractivity contribution >= 4 is 33.4 Å². The van der Waals surface area contributed by atoms with Crippen LogP contribution in [0.4, 0.5) is 0 Å². The van der Waals surface area contributed by atoms with Gasteiger partial charge in [0.15, 0.2) is 0 Å². The fourth-order valence-electron chi connectivity index (χ4n) is 1.52. The van der Waals surface area contributed by atoms with E-state index in [1.807, 2.05) is 12.1 Å². The normalized spacial score (nSPS) is 9.47. The van der Waals surface area contributed by atoms with E-state index in [-0.39, 0.29) is 18.7 Å². The molecular formula is C13H11BrClN3O. The van der Waals surface area contributed by atoms with E-state index in [9.17, 15) is 4.79 Å². The number of benzene rings is 1. The molecule has 0 N–H and O–H groups in total. The Labute approximate surface area is 125 Å². The fourth-order valence-corrected chi connectivity index (χ4v) is 2.37. The minimum Gasteiger partial charge on any atom is -0.337 e. The summed E-state index contributed by atoms with van der Waals surface area (Å²) in [6, 6.07) is 8.89. The van der Waals surface area contributed by atoms with Crippen LogP contribution < -0.4 is 0 Å². The molecule has 0 aliphatic heterocycles. The molecule has 0 radical (unpaired) electrons. The lowest BCUT2D eigenvalue weighted by atomic mass is 10.2. The van der Waals surface area contributed by atoms with Gasteiger partial charge in [-0.25, -0.2) is 0 Å². The lowest BCUT2D eigenvalue weighted by Crippen LogP contribution is -2.33. The summed E-state index contributed by atoms with van der Waals surface area (Å²) in [5, 5.41) is 17.7. The van der Waals surface area contributed by atoms with Gasteiger partial charge in [-0.15, -0.1) is 0 Å². The maximum absolute atomic E-state index is 12.3. The van der Waals surface area contributed by atoms with E-state index in [4.69, 9.17) is 22.1 Å². The Balaban J connectivity index is 2.91. The number of amides is 1. The molecule has 4 nitrogen and oxygen atoms in total. The molecule has 1 aromatic carbocycles. The molecule has 0 atom stereocenters. The summed E-state index contributed by atoms with van der Waals surface area (Å²) in [6.07, 6.45) is 0.477. The largest absolute Gasteiger partial charge is 0.337 e. The van der Waals surface area contributed by atoms with Crippen LogP contribution >= 0.6 is 27.5 Å². The van der Waals surface area contributed by atoms with E-state index >= 15 is 0 Å². The maximum Gasteiger partial charge on any atom is 0.255 e. The summed E-state index contributed by atoms with van der Waals surface area (Å²) in [4.78, 5) is 13.8. The number of carbonyl (C=O) groups excluding carboxylic acids is 1. The molecule has 6 heteroatoms. The van der Waals surface area contributed by atoms with Crippen LogP contribution in [-0.2, 0) is 0 Å². The van der Waals surface area contributed by atoms with Crippen LogP contribution in [0.3, 0.4) is 0 Å². The van der Waals surface area contributed by atoms with Crippen LogP contribution in [0.15, 0.2) is 22.7 Å². The monoisotopic (exact) mass is 339 g/mol. The van der Waals surface area contributed by atoms with E-state index in [2.05, 4.69) is 15.9 Å². The van der Waals surface area contributed by atoms with E-state index in [0.717, 1.165) is 0 Å². The molecule has 1 aromatic rings. The Morgan fingerprint density at radius 3 is 2.32 bits per heavy atom. The van der Waals surface area contributed by atoms with Crippen molar-refractivity contribution in [3.63, 3.8) is 0 Å². The summed E-state index contributed by atoms with van der Waals surface area (Å²) in [7, 11) is 0. The van der Waals surface area contributed by atoms with Gasteiger partial charge in [0.2, 0.25) is 0 Å². The van der Waals surface area contributed by atoms with Gasteiger partial charge in [-0.3, -0.25) is 4.79 Å². The molecule has 0 spiro atoms. The first-order valence-electron chi connectivity index (χ1n) is 5.58. The first-order valence-corrected chi connectivity index (χ1v) is 6.75. The lowest BCUT2D eigenvalue weighted by Gasteiger charge is -2.21. The van der Waals surface area contributed by atoms with Crippen molar-refractivity contribution in [2.75, 3.05) is 13.1 Å². The van der Waals surface area contributed by atoms with E-state index in [1.165, 1.54) is 4.90 Å². The second-order valence-corrected chi connectivity index (χ2v) is 5.02. The molecule has 1 rings (SSSR count). The zero-order valence-electron chi connectivity index (χ0n) is 10.1. The van der Waals surface area contributed by atoms with Gasteiger partial charge in [-0.1, -0.05) is 11.6 Å². The molecule has 0 aliphatic rings. The topological polar surface area (TPSA) is 67.9 Å². The van der Waals surface area contributed by atoms with Crippen molar-refractivity contribution in [2.24, 2.45) is 0 Å². The minimum absolute atomic E-state index is 0.214. The number of hydrogen-bond acceptors (Lipinski definition) is 3. The molecular weight excluding hydrogens is 330 g/mol. The van der Waals surface area contributed by atoms with E-state index < -0.39 is 0 Å². The first-order chi connectivity index (χ1) is 9.10. The van der Waals surface area contributed by atoms with Crippen LogP contribution in [0, 0.1) is 22.7 Å². The summed E-state index contributed by atoms with van der Waals surface area (Å²) >= 11 is 9.12. The van der Waals surface area contributed by atoms with Gasteiger partial charge >= 0.3 is 0 Å². The predicted octanol–water partition coefficient (Wildman–Crippen LogP) is 3.37. The Hall–Kier alpha value is -1.56. The van der Waals surface area contributed by atoms with E-state index in [0.29, 0.717) is 28.1 Å². The predicted molar refractivity (Wildman–Crippen MR) is 75.5 cm³/mol. The molecule has 98 valence electrons. The van der Waals surface area contributed by atoms with Crippen LogP contribution in [0.1, 0.15) is 23.2 Å². The SMILES string of the molecule is N#CCCN(CCC#N)C(=O)c1ccc(Cl)cc1Br. The molecule has 0 fully saturated rings. The quantitative estimate of drug-likeness (QED) is 0.825. The van der Waals surface area contributed by atoms with Crippen molar-refractivity contribution in [2.45, 2.75) is 12.8 Å². The third-order valence-electron chi connectivity index (χ3n) is 2.44. The highest BCUT2D eigenvalue weighted by Gasteiger charge is 2.17. The summed E-state index contributed by atoms with van der Waals surface area (Å²) < 4.78 is 0.601. The third kappa shape index (κ3) is 4.55. The van der Waals surface area contributed by atoms with Crippen LogP contribution in [-0.4, -0.2) is 23.9 Å². The van der Waals surface area contributed by atoms with Gasteiger partial charge in [0, 0.05) is 22.6 Å². The average Bonchev–Trinajstić information content (AvgIpc) is 2.38. The highest BCUT2D eigenvalue weighted by molar-refractivity contribution is 9.10. The van der Waals surface area contributed by atoms with Crippen molar-refractivity contribution in [3.8, 4) is 12.1 Å². The maximum atomic E-state index is 12.3. The van der Waals surface area contributed by atoms with Gasteiger partial charge < -0.3 is 4.90 Å². The number of halogens is 2. The van der Waals surface area contributed by atoms with Crippen molar-refractivity contribution < 1.29 is 4.79 Å². The molecule has 0 aromatic heterocycles. The molecule has 0 saturated heterocycles. The van der Waals surface area contributed by atoms with Crippen molar-refractivity contribution in [3.05, 3.63) is 33.3 Å². The van der Waals surface area contributed by atoms with Crippen LogP contribution in [0.25, 0.3) is 0 Å². The summed E-state index contributed by atoms with van der Waals surface area (Å²) in [5.41, 5.74) is 0.472. The zero-order chi connectivity index (χ0) is 14.3. The van der Waals surface area contributed by atoms with Gasteiger partial charge in [0.1, 0.15) is 0 Å². The Bertz CT molecular complexity index is 530. The molecule has 0 aliphatic carbocycles. The molecule has 0 heterocycles. The van der Waals surface area contributed by atoms with Crippen LogP contribution in [0.2, 0.25) is 5.02 Å². The highest BCUT2D eigenvalue weighted by Crippen LogP contribution is 2.23. The number of hydrogen-bond donors (Lipinski definition) is 0. The zero-order valence-corrected chi connectivity index (χ0v) is 12.4. The van der Waals surface area contributed by atoms with Crippen LogP contribution in [0.5, 0.6) is 0 Å². The van der Waals surface area contributed by atoms with E-state index in [1.54, 1.807) is 18.2 Å². The molecule has 0 saturated carbocycles. The smallest absolute Gasteiger partial charge is 0.255 e. The third-order valence-corrected chi connectivity index (χ3v) is 3.33. The number of rotatable bonds is 5. The van der Waals surface area contributed by atoms with Gasteiger partial charge in [-0.2, -0.15) is 10.5 Å². The molecule has 19 heavy (non-hydrogen) atoms. The van der Waals surface area contributed by atoms with Crippen molar-refractivity contribution in [1.82, 2.24) is 4.90 Å². The number of carbonyl (C=O) groups is 1. The number of nitriles is 2. The highest BCUT2D eigenvalue weighted by atomic mass is 79.9. The number of nitrogens with zero attached hydrogens (tertiary/aromatic N) is 3. The van der Waals surface area contributed by atoms with Gasteiger partial charge in [0.05, 0.1) is 30.5 Å². The second-order valence-electron chi connectivity index (χ2n) is 3.73. The second kappa shape index (κ2) is 7.78. The van der Waals surface area contributed by atoms with Gasteiger partial charge in [-0.05, 0) is 34.1 Å². The Kier molecular flexibility index (Phi) is 6.35. The van der Waals surface area contributed by atoms with Gasteiger partial charge in [0.25, 0.3) is 5.91 Å². The average molecular weight is 341 g/mol. The molecule has 0 bridgehead atoms. The summed E-state index contributed by atoms with van der Waals surface area (Å²) in [6.45, 7) is 0.623. The first kappa shape index (κ1) is 15.5. The summed E-state index contributed by atoms with van der Waals surface area (Å²) in [5.74, 6) is -0.214. The Morgan fingerprint density at radius 1 is 1.26 bits per heavy atom. The van der Waals surface area contributed by atoms with Crippen molar-refractivity contribution in [1.29, 1.82) is 10.5 Å². The fraction of sp³-hybridized carbons (Fsp3) is 0.308. The molecule has 0 unspecified atom stereocenters. The minimum atomic E-state index is -0.214. The Morgan fingerprint density at radius 2 is 1.84 bits per heavy atom. The molecule has 1 amide bonds.